The van der Waals surface area contributed by atoms with Crippen molar-refractivity contribution < 1.29 is 0 Å². The van der Waals surface area contributed by atoms with E-state index in [2.05, 4.69) is 170 Å². The molecular formula is C50H30N4. The summed E-state index contributed by atoms with van der Waals surface area (Å²) in [4.78, 5) is 21.2. The molecule has 0 fully saturated rings. The van der Waals surface area contributed by atoms with Crippen LogP contribution in [0.3, 0.4) is 0 Å². The lowest BCUT2D eigenvalue weighted by molar-refractivity contribution is 1.29. The van der Waals surface area contributed by atoms with Crippen molar-refractivity contribution in [1.29, 1.82) is 0 Å². The first-order chi connectivity index (χ1) is 26.7. The third kappa shape index (κ3) is 5.15. The highest BCUT2D eigenvalue weighted by atomic mass is 14.8. The van der Waals surface area contributed by atoms with Gasteiger partial charge in [-0.1, -0.05) is 133 Å². The maximum Gasteiger partial charge on any atom is 0.0973 e. The number of hydrogen-bond donors (Lipinski definition) is 0. The van der Waals surface area contributed by atoms with Gasteiger partial charge in [0.25, 0.3) is 0 Å². The summed E-state index contributed by atoms with van der Waals surface area (Å²) < 4.78 is 0. The molecule has 54 heavy (non-hydrogen) atoms. The molecule has 0 atom stereocenters. The molecule has 2 aromatic heterocycles. The second-order valence-corrected chi connectivity index (χ2v) is 13.9. The molecule has 0 saturated carbocycles. The van der Waals surface area contributed by atoms with Crippen molar-refractivity contribution in [1.82, 2.24) is 19.9 Å². The molecule has 11 aromatic rings. The lowest BCUT2D eigenvalue weighted by Gasteiger charge is -2.14. The van der Waals surface area contributed by atoms with Gasteiger partial charge >= 0.3 is 0 Å². The summed E-state index contributed by atoms with van der Waals surface area (Å²) in [5.74, 6) is 0. The summed E-state index contributed by atoms with van der Waals surface area (Å²) in [6, 6.07) is 63.8. The van der Waals surface area contributed by atoms with Gasteiger partial charge in [-0.3, -0.25) is 0 Å². The fourth-order valence-corrected chi connectivity index (χ4v) is 7.77. The lowest BCUT2D eigenvalue weighted by Crippen LogP contribution is -1.97. The first kappa shape index (κ1) is 30.3. The van der Waals surface area contributed by atoms with Crippen molar-refractivity contribution in [3.8, 4) is 45.0 Å². The van der Waals surface area contributed by atoms with Gasteiger partial charge in [-0.25, -0.2) is 19.9 Å². The Bertz CT molecular complexity index is 3030. The summed E-state index contributed by atoms with van der Waals surface area (Å²) in [6.07, 6.45) is 0. The van der Waals surface area contributed by atoms with Crippen molar-refractivity contribution in [3.05, 3.63) is 182 Å². The van der Waals surface area contributed by atoms with E-state index < -0.39 is 0 Å². The number of nitrogens with zero attached hydrogens (tertiary/aromatic N) is 4. The van der Waals surface area contributed by atoms with Gasteiger partial charge in [-0.05, 0) is 91.6 Å². The van der Waals surface area contributed by atoms with Crippen LogP contribution in [0.25, 0.3) is 110 Å². The average molecular weight is 687 g/mol. The lowest BCUT2D eigenvalue weighted by atomic mass is 9.98. The molecule has 9 aromatic carbocycles. The molecule has 0 radical (unpaired) electrons. The number of aromatic nitrogens is 4. The normalized spacial score (nSPS) is 11.7. The van der Waals surface area contributed by atoms with Crippen molar-refractivity contribution in [2.75, 3.05) is 0 Å². The number of fused-ring (bicyclic) bond motifs is 6. The van der Waals surface area contributed by atoms with E-state index >= 15 is 0 Å². The van der Waals surface area contributed by atoms with Crippen LogP contribution in [0.15, 0.2) is 182 Å². The molecule has 0 amide bonds. The molecule has 0 aliphatic rings. The van der Waals surface area contributed by atoms with Crippen LogP contribution in [0, 0.1) is 0 Å². The Kier molecular flexibility index (Phi) is 6.82. The molecular weight excluding hydrogens is 657 g/mol. The van der Waals surface area contributed by atoms with Crippen LogP contribution < -0.4 is 0 Å². The maximum absolute atomic E-state index is 5.32. The fraction of sp³-hybridized carbons (Fsp3) is 0. The Morgan fingerprint density at radius 3 is 0.722 bits per heavy atom. The van der Waals surface area contributed by atoms with Gasteiger partial charge in [0.05, 0.1) is 44.8 Å². The molecule has 0 unspecified atom stereocenters. The largest absolute Gasteiger partial charge is 0.244 e. The van der Waals surface area contributed by atoms with Crippen LogP contribution in [0.4, 0.5) is 0 Å². The summed E-state index contributed by atoms with van der Waals surface area (Å²) in [7, 11) is 0. The zero-order valence-electron chi connectivity index (χ0n) is 29.1. The Morgan fingerprint density at radius 1 is 0.204 bits per heavy atom. The van der Waals surface area contributed by atoms with Crippen molar-refractivity contribution in [2.24, 2.45) is 0 Å². The maximum atomic E-state index is 5.32. The zero-order chi connectivity index (χ0) is 35.6. The zero-order valence-corrected chi connectivity index (χ0v) is 29.1. The highest BCUT2D eigenvalue weighted by molar-refractivity contribution is 6.05. The third-order valence-corrected chi connectivity index (χ3v) is 10.5. The van der Waals surface area contributed by atoms with Gasteiger partial charge < -0.3 is 0 Å². The predicted molar refractivity (Wildman–Crippen MR) is 224 cm³/mol. The van der Waals surface area contributed by atoms with E-state index in [9.17, 15) is 0 Å². The molecule has 250 valence electrons. The summed E-state index contributed by atoms with van der Waals surface area (Å²) in [6.45, 7) is 0. The summed E-state index contributed by atoms with van der Waals surface area (Å²) in [5, 5.41) is 9.45. The molecule has 0 saturated heterocycles. The van der Waals surface area contributed by atoms with Gasteiger partial charge in [-0.15, -0.1) is 0 Å². The SMILES string of the molecule is c1ccc(-c2nc3cc4cc5ccccc5cc4cc3nc2-c2ccc(-c3nc4cc5cc6ccccc6cc5cc4nc3-c3ccccc3)cc2)cc1. The second-order valence-electron chi connectivity index (χ2n) is 13.9. The van der Waals surface area contributed by atoms with Crippen LogP contribution in [0.5, 0.6) is 0 Å². The smallest absolute Gasteiger partial charge is 0.0973 e. The van der Waals surface area contributed by atoms with Gasteiger partial charge in [0.1, 0.15) is 0 Å². The molecule has 2 heterocycles. The van der Waals surface area contributed by atoms with Crippen LogP contribution >= 0.6 is 0 Å². The van der Waals surface area contributed by atoms with Gasteiger partial charge in [0.2, 0.25) is 0 Å². The van der Waals surface area contributed by atoms with E-state index in [1.807, 2.05) is 12.1 Å². The topological polar surface area (TPSA) is 51.6 Å². The Balaban J connectivity index is 1.08. The van der Waals surface area contributed by atoms with Crippen LogP contribution in [0.1, 0.15) is 0 Å². The molecule has 0 N–H and O–H groups in total. The minimum absolute atomic E-state index is 0.840. The van der Waals surface area contributed by atoms with E-state index in [1.54, 1.807) is 0 Å². The van der Waals surface area contributed by atoms with Crippen molar-refractivity contribution in [2.45, 2.75) is 0 Å². The first-order valence-electron chi connectivity index (χ1n) is 18.2. The third-order valence-electron chi connectivity index (χ3n) is 10.5. The highest BCUT2D eigenvalue weighted by Crippen LogP contribution is 2.37. The number of rotatable bonds is 4. The molecule has 4 heteroatoms. The predicted octanol–water partition coefficient (Wildman–Crippen LogP) is 12.9. The molecule has 4 nitrogen and oxygen atoms in total. The van der Waals surface area contributed by atoms with E-state index in [-0.39, 0.29) is 0 Å². The Labute approximate surface area is 311 Å². The van der Waals surface area contributed by atoms with Gasteiger partial charge in [-0.2, -0.15) is 0 Å². The quantitative estimate of drug-likeness (QED) is 0.173. The van der Waals surface area contributed by atoms with Gasteiger partial charge in [0.15, 0.2) is 0 Å². The summed E-state index contributed by atoms with van der Waals surface area (Å²) in [5.41, 5.74) is 10.9. The van der Waals surface area contributed by atoms with Crippen LogP contribution in [-0.2, 0) is 0 Å². The molecule has 0 bridgehead atoms. The minimum Gasteiger partial charge on any atom is -0.244 e. The Morgan fingerprint density at radius 2 is 0.444 bits per heavy atom. The molecule has 0 aliphatic carbocycles. The monoisotopic (exact) mass is 686 g/mol. The van der Waals surface area contributed by atoms with Crippen molar-refractivity contribution >= 4 is 65.2 Å². The first-order valence-corrected chi connectivity index (χ1v) is 18.2. The van der Waals surface area contributed by atoms with E-state index in [1.165, 1.54) is 21.5 Å². The number of benzene rings is 9. The second kappa shape index (κ2) is 12.1. The molecule has 0 spiro atoms. The molecule has 0 aliphatic heterocycles. The Hall–Kier alpha value is -7.30. The summed E-state index contributed by atoms with van der Waals surface area (Å²) >= 11 is 0. The van der Waals surface area contributed by atoms with E-state index in [0.717, 1.165) is 88.6 Å². The van der Waals surface area contributed by atoms with Crippen LogP contribution in [-0.4, -0.2) is 19.9 Å². The average Bonchev–Trinajstić information content (AvgIpc) is 3.23. The number of hydrogen-bond acceptors (Lipinski definition) is 4. The fourth-order valence-electron chi connectivity index (χ4n) is 7.77. The van der Waals surface area contributed by atoms with Gasteiger partial charge in [0, 0.05) is 22.3 Å². The minimum atomic E-state index is 0.840. The van der Waals surface area contributed by atoms with E-state index in [4.69, 9.17) is 19.9 Å². The highest BCUT2D eigenvalue weighted by Gasteiger charge is 2.18. The van der Waals surface area contributed by atoms with Crippen LogP contribution in [0.2, 0.25) is 0 Å². The standard InChI is InChI=1S/C50H30N4/c1-3-11-31(12-4-1)47-49(53-45-29-41-25-37-17-9-7-15-35(37)23-39(41)27-43(45)51-47)33-19-21-34(22-20-33)50-48(32-13-5-2-6-14-32)52-44-28-40-24-36-16-8-10-18-38(36)26-42(40)30-46(44)54-50/h1-30H. The van der Waals surface area contributed by atoms with E-state index in [0.29, 0.717) is 0 Å². The van der Waals surface area contributed by atoms with Crippen molar-refractivity contribution in [3.63, 3.8) is 0 Å². The molecule has 11 rings (SSSR count).